The fourth-order valence-electron chi connectivity index (χ4n) is 2.07. The van der Waals surface area contributed by atoms with E-state index in [1.54, 1.807) is 29.5 Å². The Morgan fingerprint density at radius 1 is 1.31 bits per heavy atom. The second-order valence-corrected chi connectivity index (χ2v) is 5.93. The molecule has 1 aromatic carbocycles. The van der Waals surface area contributed by atoms with Gasteiger partial charge in [-0.3, -0.25) is 4.79 Å². The van der Waals surface area contributed by atoms with E-state index in [-0.39, 0.29) is 54.3 Å². The summed E-state index contributed by atoms with van der Waals surface area (Å²) in [5.74, 6) is 2.92. The number of alkyl halides is 2. The third kappa shape index (κ3) is 5.54. The number of hydrogen-bond acceptors (Lipinski definition) is 2. The number of rotatable bonds is 5. The predicted octanol–water partition coefficient (Wildman–Crippen LogP) is 3.86. The standard InChI is InChI=1S/C17H11F4INO2.Y/c1-2-3-6-25-10-7-11(18)16(12(19)8-10)14-5-4-13(22)17(24)23(14)9-15(20)21;/h4,7-8,15H,6,9H2,1H3;/q-1;. The fraction of sp³-hybridized carbons (Fsp3) is 0.235. The van der Waals surface area contributed by atoms with Gasteiger partial charge in [-0.2, -0.15) is 12.1 Å². The number of aromatic nitrogens is 1. The van der Waals surface area contributed by atoms with Crippen LogP contribution in [0.15, 0.2) is 23.0 Å². The summed E-state index contributed by atoms with van der Waals surface area (Å²) in [6.45, 7) is 0.535. The van der Waals surface area contributed by atoms with Crippen molar-refractivity contribution in [3.05, 3.63) is 49.8 Å². The Morgan fingerprint density at radius 2 is 1.92 bits per heavy atom. The van der Waals surface area contributed by atoms with Crippen molar-refractivity contribution in [2.45, 2.75) is 19.9 Å². The number of benzene rings is 1. The smallest absolute Gasteiger partial charge is 0.256 e. The van der Waals surface area contributed by atoms with Gasteiger partial charge in [-0.1, -0.05) is 11.6 Å². The monoisotopic (exact) mass is 553 g/mol. The molecular weight excluding hydrogens is 542 g/mol. The Balaban J connectivity index is 0.00000338. The van der Waals surface area contributed by atoms with Gasteiger partial charge in [-0.15, -0.1) is 28.5 Å². The number of nitrogens with zero attached hydrogens (tertiary/aromatic N) is 1. The van der Waals surface area contributed by atoms with Crippen molar-refractivity contribution < 1.29 is 55.0 Å². The number of ether oxygens (including phenoxy) is 1. The summed E-state index contributed by atoms with van der Waals surface area (Å²) in [6, 6.07) is 5.50. The molecule has 0 atom stereocenters. The molecule has 26 heavy (non-hydrogen) atoms. The van der Waals surface area contributed by atoms with Crippen molar-refractivity contribution in [1.29, 1.82) is 0 Å². The topological polar surface area (TPSA) is 31.2 Å². The van der Waals surface area contributed by atoms with E-state index in [9.17, 15) is 22.4 Å². The molecule has 0 fully saturated rings. The van der Waals surface area contributed by atoms with Crippen LogP contribution >= 0.6 is 22.6 Å². The summed E-state index contributed by atoms with van der Waals surface area (Å²) in [5.41, 5.74) is -1.78. The maximum atomic E-state index is 14.4. The van der Waals surface area contributed by atoms with Gasteiger partial charge in [0.2, 0.25) is 5.56 Å². The van der Waals surface area contributed by atoms with Crippen molar-refractivity contribution in [1.82, 2.24) is 4.57 Å². The van der Waals surface area contributed by atoms with Crippen molar-refractivity contribution in [3.63, 3.8) is 0 Å². The van der Waals surface area contributed by atoms with Crippen molar-refractivity contribution >= 4 is 22.6 Å². The average Bonchev–Trinajstić information content (AvgIpc) is 2.53. The summed E-state index contributed by atoms with van der Waals surface area (Å²) in [6.07, 6.45) is -2.87. The van der Waals surface area contributed by atoms with E-state index in [2.05, 4.69) is 17.9 Å². The van der Waals surface area contributed by atoms with Crippen LogP contribution in [0.25, 0.3) is 11.3 Å². The molecule has 0 amide bonds. The molecule has 0 saturated carbocycles. The maximum absolute atomic E-state index is 14.4. The zero-order chi connectivity index (χ0) is 18.6. The normalized spacial score (nSPS) is 10.1. The molecule has 0 saturated heterocycles. The van der Waals surface area contributed by atoms with Crippen LogP contribution in [0.4, 0.5) is 17.6 Å². The molecule has 135 valence electrons. The Bertz CT molecular complexity index is 883. The fourth-order valence-corrected chi connectivity index (χ4v) is 2.52. The molecule has 0 aliphatic heterocycles. The van der Waals surface area contributed by atoms with Crippen LogP contribution in [0, 0.1) is 33.1 Å². The maximum Gasteiger partial charge on any atom is 0.256 e. The van der Waals surface area contributed by atoms with Crippen LogP contribution in [-0.2, 0) is 39.3 Å². The van der Waals surface area contributed by atoms with Gasteiger partial charge in [-0.05, 0) is 16.1 Å². The summed E-state index contributed by atoms with van der Waals surface area (Å²) in [7, 11) is 0. The number of halogens is 5. The minimum absolute atomic E-state index is 0. The van der Waals surface area contributed by atoms with Gasteiger partial charge in [0.1, 0.15) is 12.4 Å². The minimum Gasteiger partial charge on any atom is -0.481 e. The summed E-state index contributed by atoms with van der Waals surface area (Å²) >= 11 is 1.64. The van der Waals surface area contributed by atoms with Crippen LogP contribution < -0.4 is 10.3 Å². The first-order valence-corrected chi connectivity index (χ1v) is 8.04. The van der Waals surface area contributed by atoms with Gasteiger partial charge in [0.05, 0.1) is 18.2 Å². The third-order valence-electron chi connectivity index (χ3n) is 3.12. The van der Waals surface area contributed by atoms with Gasteiger partial charge in [0, 0.05) is 44.8 Å². The van der Waals surface area contributed by atoms with Gasteiger partial charge >= 0.3 is 0 Å². The van der Waals surface area contributed by atoms with E-state index in [1.165, 1.54) is 6.07 Å². The first-order valence-electron chi connectivity index (χ1n) is 6.96. The van der Waals surface area contributed by atoms with Gasteiger partial charge in [-0.25, -0.2) is 17.6 Å². The Hall–Kier alpha value is -0.916. The summed E-state index contributed by atoms with van der Waals surface area (Å²) in [4.78, 5) is 12.1. The van der Waals surface area contributed by atoms with E-state index >= 15 is 0 Å². The predicted molar refractivity (Wildman–Crippen MR) is 92.6 cm³/mol. The number of hydrogen-bond donors (Lipinski definition) is 0. The Labute approximate surface area is 186 Å². The molecule has 0 aliphatic carbocycles. The van der Waals surface area contributed by atoms with Gasteiger partial charge < -0.3 is 9.30 Å². The van der Waals surface area contributed by atoms with Crippen LogP contribution in [0.2, 0.25) is 0 Å². The van der Waals surface area contributed by atoms with Crippen molar-refractivity contribution in [2.75, 3.05) is 6.61 Å². The zero-order valence-electron chi connectivity index (χ0n) is 13.5. The van der Waals surface area contributed by atoms with Crippen LogP contribution in [0.1, 0.15) is 6.92 Å². The van der Waals surface area contributed by atoms with Crippen molar-refractivity contribution in [3.8, 4) is 28.8 Å². The summed E-state index contributed by atoms with van der Waals surface area (Å²) in [5, 5.41) is 0. The second-order valence-electron chi connectivity index (χ2n) is 4.77. The van der Waals surface area contributed by atoms with Crippen LogP contribution in [0.3, 0.4) is 0 Å². The van der Waals surface area contributed by atoms with E-state index < -0.39 is 35.7 Å². The van der Waals surface area contributed by atoms with Crippen LogP contribution in [0.5, 0.6) is 5.75 Å². The average molecular weight is 553 g/mol. The molecule has 1 heterocycles. The molecule has 1 aromatic heterocycles. The molecule has 0 N–H and O–H groups in total. The molecule has 0 spiro atoms. The molecule has 9 heteroatoms. The zero-order valence-corrected chi connectivity index (χ0v) is 18.5. The summed E-state index contributed by atoms with van der Waals surface area (Å²) < 4.78 is 60.1. The molecule has 0 unspecified atom stereocenters. The molecule has 3 nitrogen and oxygen atoms in total. The molecule has 1 radical (unpaired) electrons. The Morgan fingerprint density at radius 3 is 2.46 bits per heavy atom. The first kappa shape index (κ1) is 23.1. The molecule has 2 rings (SSSR count). The SMILES string of the molecule is CC#CCOc1cc(F)c(-c2[c-]cc(I)c(=O)n2CC(F)F)c(F)c1.[Y]. The van der Waals surface area contributed by atoms with Gasteiger partial charge in [0.25, 0.3) is 6.43 Å². The minimum atomic E-state index is -2.87. The van der Waals surface area contributed by atoms with E-state index in [0.717, 1.165) is 12.1 Å². The van der Waals surface area contributed by atoms with E-state index in [0.29, 0.717) is 4.57 Å². The third-order valence-corrected chi connectivity index (χ3v) is 3.89. The van der Waals surface area contributed by atoms with Crippen molar-refractivity contribution in [2.24, 2.45) is 0 Å². The van der Waals surface area contributed by atoms with Crippen LogP contribution in [-0.4, -0.2) is 17.6 Å². The molecule has 0 aliphatic rings. The number of pyridine rings is 1. The second kappa shape index (κ2) is 10.4. The van der Waals surface area contributed by atoms with E-state index in [4.69, 9.17) is 4.74 Å². The molecular formula is C17H11F4INO2Y-. The molecule has 2 aromatic rings. The van der Waals surface area contributed by atoms with E-state index in [1.807, 2.05) is 0 Å². The largest absolute Gasteiger partial charge is 0.481 e. The Kier molecular flexibility index (Phi) is 9.27. The quantitative estimate of drug-likeness (QED) is 0.244. The first-order chi connectivity index (χ1) is 11.8. The molecule has 0 bridgehead atoms. The van der Waals surface area contributed by atoms with Gasteiger partial charge in [0.15, 0.2) is 0 Å².